The van der Waals surface area contributed by atoms with Crippen LogP contribution in [0.15, 0.2) is 34.8 Å². The molecule has 0 saturated heterocycles. The SMILES string of the molecule is CN(C(=O)COC(=O)/C=C/c1ccc(Br)cc1)C1(C#N)CCCCC1. The van der Waals surface area contributed by atoms with Gasteiger partial charge in [0.2, 0.25) is 0 Å². The molecule has 0 atom stereocenters. The monoisotopic (exact) mass is 404 g/mol. The number of carbonyl (C=O) groups excluding carboxylic acids is 2. The highest BCUT2D eigenvalue weighted by Gasteiger charge is 2.38. The molecule has 0 N–H and O–H groups in total. The van der Waals surface area contributed by atoms with Gasteiger partial charge in [-0.1, -0.05) is 47.3 Å². The molecule has 1 aliphatic rings. The van der Waals surface area contributed by atoms with Crippen molar-refractivity contribution in [1.29, 1.82) is 5.26 Å². The Morgan fingerprint density at radius 1 is 1.28 bits per heavy atom. The lowest BCUT2D eigenvalue weighted by atomic mass is 9.81. The van der Waals surface area contributed by atoms with E-state index in [2.05, 4.69) is 22.0 Å². The van der Waals surface area contributed by atoms with E-state index < -0.39 is 11.5 Å². The number of hydrogen-bond acceptors (Lipinski definition) is 4. The number of halogens is 1. The Balaban J connectivity index is 1.87. The van der Waals surface area contributed by atoms with Crippen LogP contribution in [-0.2, 0) is 14.3 Å². The lowest BCUT2D eigenvalue weighted by Gasteiger charge is -2.38. The van der Waals surface area contributed by atoms with Gasteiger partial charge in [-0.15, -0.1) is 0 Å². The third kappa shape index (κ3) is 5.17. The number of nitriles is 1. The Hall–Kier alpha value is -2.13. The van der Waals surface area contributed by atoms with Gasteiger partial charge in [0.15, 0.2) is 6.61 Å². The smallest absolute Gasteiger partial charge is 0.331 e. The summed E-state index contributed by atoms with van der Waals surface area (Å²) in [6, 6.07) is 9.73. The second-order valence-corrected chi connectivity index (χ2v) is 7.07. The normalized spacial score (nSPS) is 16.2. The topological polar surface area (TPSA) is 70.4 Å². The maximum atomic E-state index is 12.3. The predicted octanol–water partition coefficient (Wildman–Crippen LogP) is 3.69. The van der Waals surface area contributed by atoms with Crippen LogP contribution in [0.5, 0.6) is 0 Å². The molecule has 2 rings (SSSR count). The van der Waals surface area contributed by atoms with Gasteiger partial charge in [-0.2, -0.15) is 5.26 Å². The number of rotatable bonds is 5. The quantitative estimate of drug-likeness (QED) is 0.554. The first-order valence-electron chi connectivity index (χ1n) is 8.25. The van der Waals surface area contributed by atoms with Crippen LogP contribution in [0.2, 0.25) is 0 Å². The number of carbonyl (C=O) groups is 2. The van der Waals surface area contributed by atoms with Crippen LogP contribution in [-0.4, -0.2) is 36.0 Å². The summed E-state index contributed by atoms with van der Waals surface area (Å²) >= 11 is 3.34. The summed E-state index contributed by atoms with van der Waals surface area (Å²) in [6.45, 7) is -0.358. The summed E-state index contributed by atoms with van der Waals surface area (Å²) in [5, 5.41) is 9.50. The van der Waals surface area contributed by atoms with Gasteiger partial charge in [0.25, 0.3) is 5.91 Å². The molecule has 5 nitrogen and oxygen atoms in total. The van der Waals surface area contributed by atoms with Crippen molar-refractivity contribution in [2.24, 2.45) is 0 Å². The fourth-order valence-electron chi connectivity index (χ4n) is 2.91. The Labute approximate surface area is 156 Å². The summed E-state index contributed by atoms with van der Waals surface area (Å²) < 4.78 is 5.97. The zero-order valence-electron chi connectivity index (χ0n) is 14.2. The maximum Gasteiger partial charge on any atom is 0.331 e. The summed E-state index contributed by atoms with van der Waals surface area (Å²) in [5.74, 6) is -0.937. The molecule has 0 spiro atoms. The molecule has 1 aromatic rings. The fourth-order valence-corrected chi connectivity index (χ4v) is 3.18. The van der Waals surface area contributed by atoms with Crippen molar-refractivity contribution in [1.82, 2.24) is 4.90 Å². The highest BCUT2D eigenvalue weighted by atomic mass is 79.9. The molecule has 0 bridgehead atoms. The minimum absolute atomic E-state index is 0.353. The fraction of sp³-hybridized carbons (Fsp3) is 0.421. The van der Waals surface area contributed by atoms with Crippen LogP contribution in [0, 0.1) is 11.3 Å². The third-order valence-electron chi connectivity index (χ3n) is 4.52. The number of nitrogens with zero attached hydrogens (tertiary/aromatic N) is 2. The molecule has 25 heavy (non-hydrogen) atoms. The van der Waals surface area contributed by atoms with Crippen molar-refractivity contribution in [2.75, 3.05) is 13.7 Å². The van der Waals surface area contributed by atoms with E-state index in [4.69, 9.17) is 4.74 Å². The van der Waals surface area contributed by atoms with Crippen molar-refractivity contribution in [2.45, 2.75) is 37.6 Å². The third-order valence-corrected chi connectivity index (χ3v) is 5.05. The number of hydrogen-bond donors (Lipinski definition) is 0. The summed E-state index contributed by atoms with van der Waals surface area (Å²) in [7, 11) is 1.61. The highest BCUT2D eigenvalue weighted by molar-refractivity contribution is 9.10. The molecule has 6 heteroatoms. The van der Waals surface area contributed by atoms with Crippen molar-refractivity contribution < 1.29 is 14.3 Å². The standard InChI is InChI=1S/C19H21BrN2O3/c1-22(19(14-21)11-3-2-4-12-19)17(23)13-25-18(24)10-7-15-5-8-16(20)9-6-15/h5-10H,2-4,11-13H2,1H3/b10-7+. The van der Waals surface area contributed by atoms with E-state index in [9.17, 15) is 14.9 Å². The van der Waals surface area contributed by atoms with E-state index in [1.165, 1.54) is 11.0 Å². The number of benzene rings is 1. The number of amides is 1. The molecular weight excluding hydrogens is 384 g/mol. The van der Waals surface area contributed by atoms with Gasteiger partial charge in [0.05, 0.1) is 6.07 Å². The van der Waals surface area contributed by atoms with Crippen molar-refractivity contribution in [3.8, 4) is 6.07 Å². The van der Waals surface area contributed by atoms with Crippen molar-refractivity contribution in [3.63, 3.8) is 0 Å². The van der Waals surface area contributed by atoms with E-state index in [1.807, 2.05) is 24.3 Å². The second kappa shape index (κ2) is 8.82. The van der Waals surface area contributed by atoms with Crippen LogP contribution in [0.25, 0.3) is 6.08 Å². The molecule has 1 aliphatic carbocycles. The molecule has 1 aromatic carbocycles. The molecule has 1 amide bonds. The Kier molecular flexibility index (Phi) is 6.77. The number of ether oxygens (including phenoxy) is 1. The van der Waals surface area contributed by atoms with Gasteiger partial charge in [-0.25, -0.2) is 4.79 Å². The Bertz CT molecular complexity index is 686. The predicted molar refractivity (Wildman–Crippen MR) is 98.3 cm³/mol. The van der Waals surface area contributed by atoms with Crippen LogP contribution in [0.4, 0.5) is 0 Å². The van der Waals surface area contributed by atoms with E-state index in [-0.39, 0.29) is 12.5 Å². The Morgan fingerprint density at radius 3 is 2.52 bits per heavy atom. The molecule has 1 saturated carbocycles. The van der Waals surface area contributed by atoms with Crippen LogP contribution >= 0.6 is 15.9 Å². The largest absolute Gasteiger partial charge is 0.452 e. The average Bonchev–Trinajstić information content (AvgIpc) is 2.65. The first-order chi connectivity index (χ1) is 12.0. The minimum atomic E-state index is -0.769. The van der Waals surface area contributed by atoms with Crippen LogP contribution in [0.1, 0.15) is 37.7 Å². The van der Waals surface area contributed by atoms with Gasteiger partial charge in [0, 0.05) is 17.6 Å². The molecule has 1 fully saturated rings. The molecule has 0 heterocycles. The number of esters is 1. The van der Waals surface area contributed by atoms with E-state index in [0.717, 1.165) is 29.3 Å². The summed E-state index contributed by atoms with van der Waals surface area (Å²) in [4.78, 5) is 25.5. The van der Waals surface area contributed by atoms with Crippen molar-refractivity contribution in [3.05, 3.63) is 40.4 Å². The zero-order chi connectivity index (χ0) is 18.3. The second-order valence-electron chi connectivity index (χ2n) is 6.15. The molecule has 0 radical (unpaired) electrons. The van der Waals surface area contributed by atoms with E-state index in [0.29, 0.717) is 12.8 Å². The molecule has 0 aliphatic heterocycles. The molecular formula is C19H21BrN2O3. The zero-order valence-corrected chi connectivity index (χ0v) is 15.8. The first-order valence-corrected chi connectivity index (χ1v) is 9.04. The van der Waals surface area contributed by atoms with Crippen LogP contribution < -0.4 is 0 Å². The molecule has 0 unspecified atom stereocenters. The molecule has 0 aromatic heterocycles. The number of likely N-dealkylation sites (N-methyl/N-ethyl adjacent to an activating group) is 1. The van der Waals surface area contributed by atoms with E-state index in [1.54, 1.807) is 13.1 Å². The average molecular weight is 405 g/mol. The highest BCUT2D eigenvalue weighted by Crippen LogP contribution is 2.32. The first kappa shape index (κ1) is 19.2. The molecule has 132 valence electrons. The maximum absolute atomic E-state index is 12.3. The van der Waals surface area contributed by atoms with Gasteiger partial charge in [0.1, 0.15) is 5.54 Å². The van der Waals surface area contributed by atoms with Crippen molar-refractivity contribution >= 4 is 33.9 Å². The van der Waals surface area contributed by atoms with E-state index >= 15 is 0 Å². The Morgan fingerprint density at radius 2 is 1.92 bits per heavy atom. The summed E-state index contributed by atoms with van der Waals surface area (Å²) in [6.07, 6.45) is 7.20. The minimum Gasteiger partial charge on any atom is -0.452 e. The van der Waals surface area contributed by atoms with Gasteiger partial charge in [-0.3, -0.25) is 4.79 Å². The van der Waals surface area contributed by atoms with Gasteiger partial charge in [-0.05, 0) is 36.6 Å². The van der Waals surface area contributed by atoms with Crippen LogP contribution in [0.3, 0.4) is 0 Å². The lowest BCUT2D eigenvalue weighted by molar-refractivity contribution is -0.150. The van der Waals surface area contributed by atoms with Gasteiger partial charge >= 0.3 is 5.97 Å². The lowest BCUT2D eigenvalue weighted by Crippen LogP contribution is -2.51. The van der Waals surface area contributed by atoms with Gasteiger partial charge < -0.3 is 9.64 Å². The summed E-state index contributed by atoms with van der Waals surface area (Å²) in [5.41, 5.74) is 0.0869.